The molecule has 120 valence electrons. The van der Waals surface area contributed by atoms with Gasteiger partial charge in [-0.2, -0.15) is 0 Å². The lowest BCUT2D eigenvalue weighted by molar-refractivity contribution is -0.132. The topological polar surface area (TPSA) is 41.6 Å². The van der Waals surface area contributed by atoms with E-state index in [4.69, 9.17) is 4.74 Å². The molecule has 1 saturated heterocycles. The Morgan fingerprint density at radius 1 is 1.35 bits per heavy atom. The van der Waals surface area contributed by atoms with E-state index in [1.807, 2.05) is 0 Å². The summed E-state index contributed by atoms with van der Waals surface area (Å²) in [4.78, 5) is 14.4. The number of hydrogen-bond donors (Lipinski definition) is 1. The van der Waals surface area contributed by atoms with Gasteiger partial charge in [0.05, 0.1) is 13.2 Å². The van der Waals surface area contributed by atoms with Crippen LogP contribution in [0.15, 0.2) is 0 Å². The van der Waals surface area contributed by atoms with E-state index in [1.165, 1.54) is 19.3 Å². The number of ether oxygens (including phenoxy) is 1. The van der Waals surface area contributed by atoms with Crippen LogP contribution in [-0.2, 0) is 9.53 Å². The molecule has 1 N–H and O–H groups in total. The first-order chi connectivity index (χ1) is 9.15. The number of likely N-dealkylation sites (tertiary alicyclic amines) is 1. The molecular weight excluding hydrogens is 276 g/mol. The maximum atomic E-state index is 12.3. The zero-order chi connectivity index (χ0) is 14.1. The highest BCUT2D eigenvalue weighted by atomic mass is 35.5. The van der Waals surface area contributed by atoms with Gasteiger partial charge in [0.2, 0.25) is 5.91 Å². The lowest BCUT2D eigenvalue weighted by Crippen LogP contribution is -2.45. The second kappa shape index (κ2) is 11.4. The summed E-state index contributed by atoms with van der Waals surface area (Å²) in [7, 11) is 1.68. The van der Waals surface area contributed by atoms with Crippen LogP contribution in [0.1, 0.15) is 46.0 Å². The van der Waals surface area contributed by atoms with E-state index in [2.05, 4.69) is 24.1 Å². The van der Waals surface area contributed by atoms with Crippen LogP contribution in [0.5, 0.6) is 0 Å². The summed E-state index contributed by atoms with van der Waals surface area (Å²) >= 11 is 0. The SMILES string of the molecule is COCCNCC(=O)N1CCCCCC1CC(C)C.Cl. The van der Waals surface area contributed by atoms with E-state index in [0.717, 1.165) is 25.9 Å². The standard InChI is InChI=1S/C15H30N2O2.ClH/c1-13(2)11-14-7-5-4-6-9-17(14)15(18)12-16-8-10-19-3;/h13-14,16H,4-12H2,1-3H3;1H. The maximum Gasteiger partial charge on any atom is 0.236 e. The summed E-state index contributed by atoms with van der Waals surface area (Å²) in [5.41, 5.74) is 0. The molecule has 20 heavy (non-hydrogen) atoms. The molecule has 5 heteroatoms. The lowest BCUT2D eigenvalue weighted by atomic mass is 9.98. The van der Waals surface area contributed by atoms with Crippen molar-refractivity contribution < 1.29 is 9.53 Å². The van der Waals surface area contributed by atoms with Crippen molar-refractivity contribution in [1.82, 2.24) is 10.2 Å². The molecule has 1 fully saturated rings. The Morgan fingerprint density at radius 2 is 2.10 bits per heavy atom. The molecule has 1 aliphatic rings. The number of halogens is 1. The predicted molar refractivity (Wildman–Crippen MR) is 85.4 cm³/mol. The average Bonchev–Trinajstić information content (AvgIpc) is 2.59. The van der Waals surface area contributed by atoms with Crippen LogP contribution >= 0.6 is 12.4 Å². The van der Waals surface area contributed by atoms with Crippen LogP contribution in [0.2, 0.25) is 0 Å². The summed E-state index contributed by atoms with van der Waals surface area (Å²) in [6.45, 7) is 7.25. The third-order valence-corrected chi connectivity index (χ3v) is 3.70. The highest BCUT2D eigenvalue weighted by Crippen LogP contribution is 2.22. The molecule has 1 unspecified atom stereocenters. The molecule has 1 heterocycles. The van der Waals surface area contributed by atoms with Crippen molar-refractivity contribution in [2.24, 2.45) is 5.92 Å². The number of rotatable bonds is 7. The fraction of sp³-hybridized carbons (Fsp3) is 0.933. The molecule has 1 atom stereocenters. The van der Waals surface area contributed by atoms with Crippen molar-refractivity contribution in [1.29, 1.82) is 0 Å². The minimum atomic E-state index is 0. The summed E-state index contributed by atoms with van der Waals surface area (Å²) in [6, 6.07) is 0.444. The Kier molecular flexibility index (Phi) is 11.2. The van der Waals surface area contributed by atoms with E-state index >= 15 is 0 Å². The third-order valence-electron chi connectivity index (χ3n) is 3.70. The number of nitrogens with one attached hydrogen (secondary N) is 1. The molecule has 1 rings (SSSR count). The number of carbonyl (C=O) groups is 1. The molecule has 0 aromatic heterocycles. The van der Waals surface area contributed by atoms with Gasteiger partial charge in [0, 0.05) is 26.2 Å². The summed E-state index contributed by atoms with van der Waals surface area (Å²) in [5.74, 6) is 0.906. The zero-order valence-corrected chi connectivity index (χ0v) is 14.0. The largest absolute Gasteiger partial charge is 0.383 e. The van der Waals surface area contributed by atoms with Crippen molar-refractivity contribution in [3.8, 4) is 0 Å². The maximum absolute atomic E-state index is 12.3. The van der Waals surface area contributed by atoms with Crippen LogP contribution in [0.25, 0.3) is 0 Å². The van der Waals surface area contributed by atoms with Crippen molar-refractivity contribution >= 4 is 18.3 Å². The van der Waals surface area contributed by atoms with Gasteiger partial charge in [0.15, 0.2) is 0 Å². The molecule has 1 aliphatic heterocycles. The summed E-state index contributed by atoms with van der Waals surface area (Å²) < 4.78 is 4.98. The van der Waals surface area contributed by atoms with Gasteiger partial charge in [0.25, 0.3) is 0 Å². The highest BCUT2D eigenvalue weighted by Gasteiger charge is 2.25. The van der Waals surface area contributed by atoms with E-state index in [1.54, 1.807) is 7.11 Å². The van der Waals surface area contributed by atoms with Crippen molar-refractivity contribution in [3.05, 3.63) is 0 Å². The Hall–Kier alpha value is -0.320. The van der Waals surface area contributed by atoms with E-state index in [0.29, 0.717) is 25.1 Å². The minimum absolute atomic E-state index is 0. The van der Waals surface area contributed by atoms with Gasteiger partial charge in [-0.15, -0.1) is 12.4 Å². The smallest absolute Gasteiger partial charge is 0.236 e. The van der Waals surface area contributed by atoms with E-state index < -0.39 is 0 Å². The zero-order valence-electron chi connectivity index (χ0n) is 13.2. The van der Waals surface area contributed by atoms with E-state index in [-0.39, 0.29) is 18.3 Å². The summed E-state index contributed by atoms with van der Waals surface area (Å²) in [5, 5.41) is 3.16. The minimum Gasteiger partial charge on any atom is -0.383 e. The monoisotopic (exact) mass is 306 g/mol. The van der Waals surface area contributed by atoms with Crippen LogP contribution in [0.3, 0.4) is 0 Å². The van der Waals surface area contributed by atoms with E-state index in [9.17, 15) is 4.79 Å². The molecule has 0 saturated carbocycles. The average molecular weight is 307 g/mol. The fourth-order valence-electron chi connectivity index (χ4n) is 2.77. The lowest BCUT2D eigenvalue weighted by Gasteiger charge is -2.31. The number of hydrogen-bond acceptors (Lipinski definition) is 3. The van der Waals surface area contributed by atoms with Crippen molar-refractivity contribution in [3.63, 3.8) is 0 Å². The van der Waals surface area contributed by atoms with Gasteiger partial charge in [-0.25, -0.2) is 0 Å². The van der Waals surface area contributed by atoms with Gasteiger partial charge < -0.3 is 15.0 Å². The Morgan fingerprint density at radius 3 is 2.75 bits per heavy atom. The van der Waals surface area contributed by atoms with Crippen LogP contribution < -0.4 is 5.32 Å². The van der Waals surface area contributed by atoms with Crippen molar-refractivity contribution in [2.75, 3.05) is 33.4 Å². The van der Waals surface area contributed by atoms with Gasteiger partial charge in [-0.3, -0.25) is 4.79 Å². The Bertz CT molecular complexity index is 262. The van der Waals surface area contributed by atoms with Gasteiger partial charge in [-0.1, -0.05) is 26.7 Å². The second-order valence-electron chi connectivity index (χ2n) is 5.89. The van der Waals surface area contributed by atoms with Crippen LogP contribution in [0, 0.1) is 5.92 Å². The molecule has 1 amide bonds. The van der Waals surface area contributed by atoms with Gasteiger partial charge in [0.1, 0.15) is 0 Å². The molecule has 0 radical (unpaired) electrons. The number of carbonyl (C=O) groups excluding carboxylic acids is 1. The molecular formula is C15H31ClN2O2. The van der Waals surface area contributed by atoms with Gasteiger partial charge in [-0.05, 0) is 25.2 Å². The predicted octanol–water partition coefficient (Wildman–Crippen LogP) is 2.46. The molecule has 4 nitrogen and oxygen atoms in total. The van der Waals surface area contributed by atoms with Crippen molar-refractivity contribution in [2.45, 2.75) is 52.0 Å². The molecule has 0 aliphatic carbocycles. The van der Waals surface area contributed by atoms with Crippen LogP contribution in [0.4, 0.5) is 0 Å². The first-order valence-electron chi connectivity index (χ1n) is 7.64. The molecule has 0 aromatic carbocycles. The molecule has 0 aromatic rings. The molecule has 0 bridgehead atoms. The third kappa shape index (κ3) is 7.46. The highest BCUT2D eigenvalue weighted by molar-refractivity contribution is 5.85. The normalized spacial score (nSPS) is 19.6. The number of amides is 1. The summed E-state index contributed by atoms with van der Waals surface area (Å²) in [6.07, 6.45) is 5.97. The Balaban J connectivity index is 0.00000361. The van der Waals surface area contributed by atoms with Crippen LogP contribution in [-0.4, -0.2) is 50.2 Å². The van der Waals surface area contributed by atoms with Gasteiger partial charge >= 0.3 is 0 Å². The first-order valence-corrected chi connectivity index (χ1v) is 7.64. The fourth-order valence-corrected chi connectivity index (χ4v) is 2.77. The second-order valence-corrected chi connectivity index (χ2v) is 5.89. The number of methoxy groups -OCH3 is 1. The molecule has 0 spiro atoms. The first kappa shape index (κ1) is 19.7. The number of nitrogens with zero attached hydrogens (tertiary/aromatic N) is 1. The quantitative estimate of drug-likeness (QED) is 0.735. The Labute approximate surface area is 130 Å².